The number of carbonyl (C=O) groups excluding carboxylic acids is 1. The van der Waals surface area contributed by atoms with Crippen molar-refractivity contribution in [1.29, 1.82) is 0 Å². The summed E-state index contributed by atoms with van der Waals surface area (Å²) in [7, 11) is 0. The summed E-state index contributed by atoms with van der Waals surface area (Å²) in [6.45, 7) is 5.41. The maximum atomic E-state index is 12.1. The summed E-state index contributed by atoms with van der Waals surface area (Å²) in [5, 5.41) is 2.96. The lowest BCUT2D eigenvalue weighted by Gasteiger charge is -2.38. The van der Waals surface area contributed by atoms with Gasteiger partial charge in [-0.05, 0) is 44.4 Å². The molecule has 1 aromatic carbocycles. The van der Waals surface area contributed by atoms with Gasteiger partial charge in [0.15, 0.2) is 0 Å². The van der Waals surface area contributed by atoms with E-state index in [9.17, 15) is 4.79 Å². The predicted octanol–water partition coefficient (Wildman–Crippen LogP) is 2.35. The summed E-state index contributed by atoms with van der Waals surface area (Å²) in [6, 6.07) is 8.68. The van der Waals surface area contributed by atoms with Crippen LogP contribution < -0.4 is 11.1 Å². The van der Waals surface area contributed by atoms with E-state index < -0.39 is 0 Å². The average molecular weight is 275 g/mol. The van der Waals surface area contributed by atoms with Crippen molar-refractivity contribution in [3.05, 3.63) is 29.8 Å². The van der Waals surface area contributed by atoms with Crippen LogP contribution in [0.2, 0.25) is 0 Å². The van der Waals surface area contributed by atoms with Crippen LogP contribution in [-0.2, 0) is 11.3 Å². The first-order valence-electron chi connectivity index (χ1n) is 7.44. The molecule has 2 unspecified atom stereocenters. The van der Waals surface area contributed by atoms with E-state index >= 15 is 0 Å². The van der Waals surface area contributed by atoms with Gasteiger partial charge < -0.3 is 11.1 Å². The van der Waals surface area contributed by atoms with Crippen molar-refractivity contribution >= 4 is 11.6 Å². The second-order valence-corrected chi connectivity index (χ2v) is 5.75. The van der Waals surface area contributed by atoms with Gasteiger partial charge in [-0.25, -0.2) is 0 Å². The lowest BCUT2D eigenvalue weighted by Crippen LogP contribution is -2.47. The number of carbonyl (C=O) groups is 1. The van der Waals surface area contributed by atoms with Crippen LogP contribution in [-0.4, -0.2) is 29.4 Å². The third-order valence-electron chi connectivity index (χ3n) is 4.18. The maximum absolute atomic E-state index is 12.1. The molecule has 0 spiro atoms. The molecule has 1 amide bonds. The van der Waals surface area contributed by atoms with Crippen molar-refractivity contribution in [3.8, 4) is 0 Å². The number of benzene rings is 1. The molecule has 4 nitrogen and oxygen atoms in total. The highest BCUT2D eigenvalue weighted by Gasteiger charge is 2.26. The molecule has 1 aliphatic rings. The lowest BCUT2D eigenvalue weighted by molar-refractivity contribution is -0.118. The zero-order valence-electron chi connectivity index (χ0n) is 12.4. The Bertz CT molecular complexity index is 434. The fourth-order valence-electron chi connectivity index (χ4n) is 2.88. The van der Waals surface area contributed by atoms with Crippen LogP contribution in [0.25, 0.3) is 0 Å². The number of nitrogens with two attached hydrogens (primary N) is 1. The van der Waals surface area contributed by atoms with Crippen LogP contribution in [0.15, 0.2) is 24.3 Å². The molecule has 20 heavy (non-hydrogen) atoms. The Morgan fingerprint density at radius 2 is 1.85 bits per heavy atom. The van der Waals surface area contributed by atoms with E-state index in [2.05, 4.69) is 24.1 Å². The Balaban J connectivity index is 1.90. The number of amides is 1. The summed E-state index contributed by atoms with van der Waals surface area (Å²) in [5.74, 6) is 0.0612. The molecule has 1 saturated heterocycles. The fraction of sp³-hybridized carbons (Fsp3) is 0.562. The maximum Gasteiger partial charge on any atom is 0.238 e. The van der Waals surface area contributed by atoms with E-state index in [0.717, 1.165) is 11.3 Å². The quantitative estimate of drug-likeness (QED) is 0.887. The van der Waals surface area contributed by atoms with Crippen LogP contribution >= 0.6 is 0 Å². The van der Waals surface area contributed by atoms with E-state index in [1.165, 1.54) is 19.3 Å². The Labute approximate surface area is 121 Å². The monoisotopic (exact) mass is 275 g/mol. The van der Waals surface area contributed by atoms with Gasteiger partial charge in [-0.1, -0.05) is 18.6 Å². The number of rotatable bonds is 4. The first-order chi connectivity index (χ1) is 9.60. The molecule has 2 atom stereocenters. The van der Waals surface area contributed by atoms with Crippen LogP contribution in [0.3, 0.4) is 0 Å². The van der Waals surface area contributed by atoms with Gasteiger partial charge in [-0.15, -0.1) is 0 Å². The van der Waals surface area contributed by atoms with Crippen molar-refractivity contribution in [1.82, 2.24) is 4.90 Å². The number of piperidine rings is 1. The van der Waals surface area contributed by atoms with Gasteiger partial charge >= 0.3 is 0 Å². The highest BCUT2D eigenvalue weighted by Crippen LogP contribution is 2.22. The van der Waals surface area contributed by atoms with Crippen LogP contribution in [0.5, 0.6) is 0 Å². The zero-order chi connectivity index (χ0) is 14.5. The highest BCUT2D eigenvalue weighted by atomic mass is 16.2. The molecule has 1 heterocycles. The van der Waals surface area contributed by atoms with Crippen molar-refractivity contribution in [3.63, 3.8) is 0 Å². The molecule has 0 radical (unpaired) electrons. The van der Waals surface area contributed by atoms with Gasteiger partial charge in [-0.3, -0.25) is 9.69 Å². The third-order valence-corrected chi connectivity index (χ3v) is 4.18. The van der Waals surface area contributed by atoms with Gasteiger partial charge in [0.1, 0.15) is 0 Å². The first-order valence-corrected chi connectivity index (χ1v) is 7.44. The molecule has 4 heteroatoms. The summed E-state index contributed by atoms with van der Waals surface area (Å²) in [6.07, 6.45) is 3.63. The van der Waals surface area contributed by atoms with Crippen LogP contribution in [0, 0.1) is 0 Å². The zero-order valence-corrected chi connectivity index (χ0v) is 12.4. The van der Waals surface area contributed by atoms with Crippen LogP contribution in [0.1, 0.15) is 38.7 Å². The van der Waals surface area contributed by atoms with Gasteiger partial charge in [0.2, 0.25) is 5.91 Å². The number of hydrogen-bond donors (Lipinski definition) is 2. The summed E-state index contributed by atoms with van der Waals surface area (Å²) < 4.78 is 0. The molecule has 2 rings (SSSR count). The molecule has 1 aromatic rings. The molecular formula is C16H25N3O. The number of nitrogens with one attached hydrogen (secondary N) is 1. The number of nitrogens with zero attached hydrogens (tertiary/aromatic N) is 1. The minimum Gasteiger partial charge on any atom is -0.326 e. The van der Waals surface area contributed by atoms with Crippen molar-refractivity contribution in [2.24, 2.45) is 5.73 Å². The first kappa shape index (κ1) is 15.0. The Hall–Kier alpha value is -1.39. The summed E-state index contributed by atoms with van der Waals surface area (Å²) >= 11 is 0. The molecule has 3 N–H and O–H groups in total. The normalized spacial score (nSPS) is 23.6. The Morgan fingerprint density at radius 1 is 1.25 bits per heavy atom. The number of anilines is 1. The van der Waals surface area contributed by atoms with Crippen LogP contribution in [0.4, 0.5) is 5.69 Å². The SMILES string of the molecule is CC1CCCC(C)N1CC(=O)Nc1ccc(CN)cc1. The van der Waals surface area contributed by atoms with Gasteiger partial charge in [0, 0.05) is 24.3 Å². The molecule has 0 saturated carbocycles. The molecule has 0 aromatic heterocycles. The number of hydrogen-bond acceptors (Lipinski definition) is 3. The smallest absolute Gasteiger partial charge is 0.238 e. The molecular weight excluding hydrogens is 250 g/mol. The molecule has 0 aliphatic carbocycles. The van der Waals surface area contributed by atoms with Crippen molar-refractivity contribution < 1.29 is 4.79 Å². The third kappa shape index (κ3) is 3.81. The molecule has 1 fully saturated rings. The van der Waals surface area contributed by atoms with Gasteiger partial charge in [-0.2, -0.15) is 0 Å². The van der Waals surface area contributed by atoms with E-state index in [1.807, 2.05) is 24.3 Å². The van der Waals surface area contributed by atoms with Crippen molar-refractivity contribution in [2.45, 2.75) is 51.7 Å². The van der Waals surface area contributed by atoms with Gasteiger partial charge in [0.25, 0.3) is 0 Å². The molecule has 0 bridgehead atoms. The predicted molar refractivity (Wildman–Crippen MR) is 82.4 cm³/mol. The van der Waals surface area contributed by atoms with E-state index in [0.29, 0.717) is 25.2 Å². The second-order valence-electron chi connectivity index (χ2n) is 5.75. The highest BCUT2D eigenvalue weighted by molar-refractivity contribution is 5.92. The topological polar surface area (TPSA) is 58.4 Å². The molecule has 110 valence electrons. The number of likely N-dealkylation sites (tertiary alicyclic amines) is 1. The summed E-state index contributed by atoms with van der Waals surface area (Å²) in [4.78, 5) is 14.4. The lowest BCUT2D eigenvalue weighted by atomic mass is 9.97. The Morgan fingerprint density at radius 3 is 2.40 bits per heavy atom. The standard InChI is InChI=1S/C16H25N3O/c1-12-4-3-5-13(2)19(12)11-16(20)18-15-8-6-14(10-17)7-9-15/h6-9,12-13H,3-5,10-11,17H2,1-2H3,(H,18,20). The minimum atomic E-state index is 0.0612. The van der Waals surface area contributed by atoms with E-state index in [4.69, 9.17) is 5.73 Å². The fourth-order valence-corrected chi connectivity index (χ4v) is 2.88. The minimum absolute atomic E-state index is 0.0612. The second kappa shape index (κ2) is 6.86. The van der Waals surface area contributed by atoms with Crippen molar-refractivity contribution in [2.75, 3.05) is 11.9 Å². The summed E-state index contributed by atoms with van der Waals surface area (Å²) in [5.41, 5.74) is 7.47. The van der Waals surface area contributed by atoms with E-state index in [1.54, 1.807) is 0 Å². The van der Waals surface area contributed by atoms with E-state index in [-0.39, 0.29) is 5.91 Å². The Kier molecular flexibility index (Phi) is 5.15. The molecule has 1 aliphatic heterocycles. The average Bonchev–Trinajstić information content (AvgIpc) is 2.44. The van der Waals surface area contributed by atoms with Gasteiger partial charge in [0.05, 0.1) is 6.54 Å². The largest absolute Gasteiger partial charge is 0.326 e.